The van der Waals surface area contributed by atoms with Crippen molar-refractivity contribution in [3.8, 4) is 0 Å². The number of nitrogens with zero attached hydrogens (tertiary/aromatic N) is 2. The lowest BCUT2D eigenvalue weighted by molar-refractivity contribution is -0.119. The van der Waals surface area contributed by atoms with Crippen LogP contribution in [0.3, 0.4) is 0 Å². The van der Waals surface area contributed by atoms with E-state index < -0.39 is 0 Å². The molecule has 4 nitrogen and oxygen atoms in total. The highest BCUT2D eigenvalue weighted by molar-refractivity contribution is 7.18. The summed E-state index contributed by atoms with van der Waals surface area (Å²) in [5, 5.41) is 4.13. The van der Waals surface area contributed by atoms with Crippen LogP contribution in [0, 0.1) is 0 Å². The van der Waals surface area contributed by atoms with Gasteiger partial charge in [0.2, 0.25) is 5.91 Å². The summed E-state index contributed by atoms with van der Waals surface area (Å²) in [7, 11) is 0. The number of hydrogen-bond acceptors (Lipinski definition) is 4. The van der Waals surface area contributed by atoms with E-state index in [4.69, 9.17) is 0 Å². The summed E-state index contributed by atoms with van der Waals surface area (Å²) in [6.45, 7) is 3.24. The highest BCUT2D eigenvalue weighted by atomic mass is 32.1. The number of nitrogens with one attached hydrogen (secondary N) is 1. The lowest BCUT2D eigenvalue weighted by Crippen LogP contribution is -2.44. The fourth-order valence-electron chi connectivity index (χ4n) is 3.55. The molecule has 1 atom stereocenters. The number of rotatable bonds is 5. The van der Waals surface area contributed by atoms with Crippen LogP contribution >= 0.6 is 11.3 Å². The number of benzene rings is 2. The Kier molecular flexibility index (Phi) is 4.89. The molecule has 1 N–H and O–H groups in total. The smallest absolute Gasteiger partial charge is 0.239 e. The molecule has 134 valence electrons. The summed E-state index contributed by atoms with van der Waals surface area (Å²) in [5.41, 5.74) is 3.58. The van der Waals surface area contributed by atoms with Crippen molar-refractivity contribution in [2.24, 2.45) is 0 Å². The Morgan fingerprint density at radius 2 is 2.04 bits per heavy atom. The van der Waals surface area contributed by atoms with Gasteiger partial charge in [0.15, 0.2) is 0 Å². The Hall–Kier alpha value is -2.40. The fraction of sp³-hybridized carbons (Fsp3) is 0.333. The molecule has 0 saturated carbocycles. The van der Waals surface area contributed by atoms with Gasteiger partial charge < -0.3 is 10.2 Å². The average molecular weight is 366 g/mol. The molecule has 0 bridgehead atoms. The first-order valence-electron chi connectivity index (χ1n) is 9.16. The highest BCUT2D eigenvalue weighted by Gasteiger charge is 2.24. The number of aromatic nitrogens is 1. The molecule has 0 aliphatic carbocycles. The number of aryl methyl sites for hydroxylation is 1. The standard InChI is InChI=1S/C21H23N3OS/c1-15-10-11-16-6-2-4-8-18(16)24(15)14-20(25)22-13-12-21-23-17-7-3-5-9-19(17)26-21/h2-9,15H,10-14H2,1H3,(H,22,25). The second kappa shape index (κ2) is 7.46. The van der Waals surface area contributed by atoms with E-state index in [2.05, 4.69) is 52.5 Å². The normalized spacial score (nSPS) is 16.5. The Bertz CT molecular complexity index is 887. The topological polar surface area (TPSA) is 45.2 Å². The van der Waals surface area contributed by atoms with Crippen molar-refractivity contribution < 1.29 is 4.79 Å². The van der Waals surface area contributed by atoms with Gasteiger partial charge in [0.1, 0.15) is 0 Å². The van der Waals surface area contributed by atoms with E-state index in [0.717, 1.165) is 29.8 Å². The maximum absolute atomic E-state index is 12.5. The number of carbonyl (C=O) groups is 1. The summed E-state index contributed by atoms with van der Waals surface area (Å²) < 4.78 is 1.20. The predicted molar refractivity (Wildman–Crippen MR) is 108 cm³/mol. The second-order valence-corrected chi connectivity index (χ2v) is 7.93. The Morgan fingerprint density at radius 1 is 1.23 bits per heavy atom. The average Bonchev–Trinajstić information content (AvgIpc) is 3.07. The van der Waals surface area contributed by atoms with Crippen molar-refractivity contribution in [3.63, 3.8) is 0 Å². The number of para-hydroxylation sites is 2. The third-order valence-electron chi connectivity index (χ3n) is 4.98. The van der Waals surface area contributed by atoms with Crippen LogP contribution in [-0.4, -0.2) is 30.0 Å². The van der Waals surface area contributed by atoms with Gasteiger partial charge >= 0.3 is 0 Å². The summed E-state index contributed by atoms with van der Waals surface area (Å²) >= 11 is 1.70. The molecule has 4 rings (SSSR count). The predicted octanol–water partition coefficient (Wildman–Crippen LogP) is 3.80. The molecule has 1 aromatic heterocycles. The largest absolute Gasteiger partial charge is 0.359 e. The zero-order valence-corrected chi connectivity index (χ0v) is 15.8. The third-order valence-corrected chi connectivity index (χ3v) is 6.07. The van der Waals surface area contributed by atoms with E-state index >= 15 is 0 Å². The molecule has 1 aliphatic heterocycles. The molecular formula is C21H23N3OS. The lowest BCUT2D eigenvalue weighted by atomic mass is 9.97. The molecular weight excluding hydrogens is 342 g/mol. The van der Waals surface area contributed by atoms with E-state index in [-0.39, 0.29) is 5.91 Å². The van der Waals surface area contributed by atoms with Crippen molar-refractivity contribution in [1.29, 1.82) is 0 Å². The lowest BCUT2D eigenvalue weighted by Gasteiger charge is -2.36. The van der Waals surface area contributed by atoms with E-state index in [1.165, 1.54) is 16.0 Å². The molecule has 5 heteroatoms. The second-order valence-electron chi connectivity index (χ2n) is 6.82. The number of fused-ring (bicyclic) bond motifs is 2. The van der Waals surface area contributed by atoms with Gasteiger partial charge in [-0.1, -0.05) is 30.3 Å². The minimum absolute atomic E-state index is 0.0784. The first-order valence-corrected chi connectivity index (χ1v) is 9.98. The Morgan fingerprint density at radius 3 is 2.92 bits per heavy atom. The number of carbonyl (C=O) groups excluding carboxylic acids is 1. The minimum atomic E-state index is 0.0784. The maximum Gasteiger partial charge on any atom is 0.239 e. The van der Waals surface area contributed by atoms with Gasteiger partial charge in [-0.15, -0.1) is 11.3 Å². The van der Waals surface area contributed by atoms with Crippen LogP contribution in [0.15, 0.2) is 48.5 Å². The molecule has 26 heavy (non-hydrogen) atoms. The number of thiazole rings is 1. The highest BCUT2D eigenvalue weighted by Crippen LogP contribution is 2.30. The van der Waals surface area contributed by atoms with Crippen LogP contribution in [0.2, 0.25) is 0 Å². The molecule has 0 radical (unpaired) electrons. The molecule has 2 heterocycles. The van der Waals surface area contributed by atoms with Gasteiger partial charge in [-0.3, -0.25) is 4.79 Å². The van der Waals surface area contributed by atoms with Crippen molar-refractivity contribution in [1.82, 2.24) is 10.3 Å². The van der Waals surface area contributed by atoms with E-state index in [0.29, 0.717) is 19.1 Å². The van der Waals surface area contributed by atoms with Gasteiger partial charge in [-0.2, -0.15) is 0 Å². The number of amides is 1. The summed E-state index contributed by atoms with van der Waals surface area (Å²) in [6, 6.07) is 17.0. The molecule has 1 aliphatic rings. The molecule has 3 aromatic rings. The van der Waals surface area contributed by atoms with Crippen LogP contribution in [0.4, 0.5) is 5.69 Å². The summed E-state index contributed by atoms with van der Waals surface area (Å²) in [4.78, 5) is 19.3. The first kappa shape index (κ1) is 17.0. The van der Waals surface area contributed by atoms with Crippen LogP contribution in [0.25, 0.3) is 10.2 Å². The van der Waals surface area contributed by atoms with Crippen LogP contribution in [0.5, 0.6) is 0 Å². The van der Waals surface area contributed by atoms with E-state index in [1.807, 2.05) is 18.2 Å². The Labute approximate surface area is 157 Å². The van der Waals surface area contributed by atoms with Crippen molar-refractivity contribution in [2.45, 2.75) is 32.2 Å². The van der Waals surface area contributed by atoms with Gasteiger partial charge in [0.25, 0.3) is 0 Å². The van der Waals surface area contributed by atoms with Crippen LogP contribution in [0.1, 0.15) is 23.9 Å². The van der Waals surface area contributed by atoms with E-state index in [1.54, 1.807) is 11.3 Å². The Balaban J connectivity index is 1.34. The van der Waals surface area contributed by atoms with Gasteiger partial charge in [-0.05, 0) is 43.5 Å². The summed E-state index contributed by atoms with van der Waals surface area (Å²) in [5.74, 6) is 0.0784. The zero-order chi connectivity index (χ0) is 17.9. The molecule has 0 spiro atoms. The minimum Gasteiger partial charge on any atom is -0.359 e. The van der Waals surface area contributed by atoms with Gasteiger partial charge in [0.05, 0.1) is 21.8 Å². The van der Waals surface area contributed by atoms with Crippen LogP contribution in [-0.2, 0) is 17.6 Å². The third kappa shape index (κ3) is 3.58. The number of hydrogen-bond donors (Lipinski definition) is 1. The fourth-order valence-corrected chi connectivity index (χ4v) is 4.51. The molecule has 1 unspecified atom stereocenters. The number of anilines is 1. The van der Waals surface area contributed by atoms with E-state index in [9.17, 15) is 4.79 Å². The molecule has 2 aromatic carbocycles. The van der Waals surface area contributed by atoms with Crippen molar-refractivity contribution >= 4 is 33.1 Å². The van der Waals surface area contributed by atoms with Gasteiger partial charge in [0, 0.05) is 24.7 Å². The van der Waals surface area contributed by atoms with Crippen molar-refractivity contribution in [2.75, 3.05) is 18.0 Å². The van der Waals surface area contributed by atoms with Gasteiger partial charge in [-0.25, -0.2) is 4.98 Å². The molecule has 0 fully saturated rings. The molecule has 1 amide bonds. The maximum atomic E-state index is 12.5. The quantitative estimate of drug-likeness (QED) is 0.748. The first-order chi connectivity index (χ1) is 12.7. The SMILES string of the molecule is CC1CCc2ccccc2N1CC(=O)NCCc1nc2ccccc2s1. The van der Waals surface area contributed by atoms with Crippen LogP contribution < -0.4 is 10.2 Å². The van der Waals surface area contributed by atoms with Crippen molar-refractivity contribution in [3.05, 3.63) is 59.1 Å². The monoisotopic (exact) mass is 365 g/mol. The summed E-state index contributed by atoms with van der Waals surface area (Å²) in [6.07, 6.45) is 2.96. The molecule has 0 saturated heterocycles. The zero-order valence-electron chi connectivity index (χ0n) is 14.9.